The number of aliphatic hydroxyl groups is 1. The van der Waals surface area contributed by atoms with Crippen molar-refractivity contribution in [3.05, 3.63) is 30.3 Å². The average Bonchev–Trinajstić information content (AvgIpc) is 2.47. The third-order valence-corrected chi connectivity index (χ3v) is 5.53. The zero-order chi connectivity index (χ0) is 19.5. The number of hydrogen-bond acceptors (Lipinski definition) is 4. The fourth-order valence-corrected chi connectivity index (χ4v) is 3.52. The maximum atomic E-state index is 13.1. The van der Waals surface area contributed by atoms with Crippen molar-refractivity contribution >= 4 is 17.6 Å². The first-order valence-electron chi connectivity index (χ1n) is 8.49. The molecule has 0 fully saturated rings. The minimum absolute atomic E-state index is 0.0700. The highest BCUT2D eigenvalue weighted by molar-refractivity contribution is 6.09. The molecule has 6 nitrogen and oxygen atoms in total. The van der Waals surface area contributed by atoms with Crippen LogP contribution in [0.3, 0.4) is 0 Å². The fourth-order valence-electron chi connectivity index (χ4n) is 3.52. The Morgan fingerprint density at radius 3 is 2.12 bits per heavy atom. The first kappa shape index (κ1) is 21.1. The van der Waals surface area contributed by atoms with Gasteiger partial charge in [0.2, 0.25) is 5.91 Å². The second-order valence-corrected chi connectivity index (χ2v) is 7.48. The molecule has 0 spiro atoms. The van der Waals surface area contributed by atoms with E-state index in [1.165, 1.54) is 0 Å². The molecule has 0 saturated heterocycles. The number of rotatable bonds is 8. The summed E-state index contributed by atoms with van der Waals surface area (Å²) >= 11 is 0. The van der Waals surface area contributed by atoms with Gasteiger partial charge in [0.25, 0.3) is 0 Å². The molecule has 0 aliphatic heterocycles. The molecule has 0 aromatic heterocycles. The van der Waals surface area contributed by atoms with Crippen LogP contribution in [0.1, 0.15) is 47.5 Å². The second-order valence-electron chi connectivity index (χ2n) is 7.48. The lowest BCUT2D eigenvalue weighted by Crippen LogP contribution is -2.65. The van der Waals surface area contributed by atoms with Gasteiger partial charge in [-0.05, 0) is 38.8 Å². The van der Waals surface area contributed by atoms with Gasteiger partial charge < -0.3 is 21.3 Å². The summed E-state index contributed by atoms with van der Waals surface area (Å²) in [6.07, 6.45) is -0.469. The van der Waals surface area contributed by atoms with Crippen molar-refractivity contribution in [2.75, 3.05) is 5.32 Å². The van der Waals surface area contributed by atoms with E-state index in [4.69, 9.17) is 5.73 Å². The number of aliphatic hydroxyl groups excluding tert-OH is 1. The van der Waals surface area contributed by atoms with E-state index in [-0.39, 0.29) is 12.8 Å². The van der Waals surface area contributed by atoms with Gasteiger partial charge in [0, 0.05) is 16.6 Å². The molecule has 5 N–H and O–H groups in total. The summed E-state index contributed by atoms with van der Waals surface area (Å²) < 4.78 is 0. The van der Waals surface area contributed by atoms with Gasteiger partial charge in [-0.3, -0.25) is 9.59 Å². The molecular formula is C19H30N2O4. The van der Waals surface area contributed by atoms with E-state index in [0.717, 1.165) is 0 Å². The summed E-state index contributed by atoms with van der Waals surface area (Å²) in [5, 5.41) is 22.5. The molecule has 0 bridgehead atoms. The molecule has 0 aliphatic carbocycles. The minimum Gasteiger partial charge on any atom is -0.480 e. The van der Waals surface area contributed by atoms with Gasteiger partial charge in [-0.15, -0.1) is 0 Å². The summed E-state index contributed by atoms with van der Waals surface area (Å²) in [4.78, 5) is 25.4. The number of amides is 1. The molecule has 1 amide bonds. The standard InChI is InChI=1S/C19H30N2O4/c1-6-19(16(24)25,15(23)21-14-10-8-7-9-11-14)17(3,4)18(5,20)12-13(2)22/h7-11,13,22H,6,12,20H2,1-5H3,(H,21,23)(H,24,25). The van der Waals surface area contributed by atoms with Crippen molar-refractivity contribution in [2.24, 2.45) is 16.6 Å². The van der Waals surface area contributed by atoms with Gasteiger partial charge in [-0.25, -0.2) is 0 Å². The lowest BCUT2D eigenvalue weighted by atomic mass is 9.54. The van der Waals surface area contributed by atoms with Crippen LogP contribution in [0.5, 0.6) is 0 Å². The van der Waals surface area contributed by atoms with Crippen LogP contribution in [0.15, 0.2) is 30.3 Å². The van der Waals surface area contributed by atoms with E-state index < -0.39 is 34.3 Å². The Bertz CT molecular complexity index is 611. The number of para-hydroxylation sites is 1. The summed E-state index contributed by atoms with van der Waals surface area (Å²) in [7, 11) is 0. The van der Waals surface area contributed by atoms with Crippen molar-refractivity contribution in [3.8, 4) is 0 Å². The normalized spacial score (nSPS) is 17.9. The highest BCUT2D eigenvalue weighted by atomic mass is 16.4. The molecule has 0 radical (unpaired) electrons. The van der Waals surface area contributed by atoms with Crippen LogP contribution in [-0.4, -0.2) is 33.7 Å². The number of carbonyl (C=O) groups is 2. The highest BCUT2D eigenvalue weighted by Crippen LogP contribution is 2.50. The van der Waals surface area contributed by atoms with Crippen LogP contribution in [0.25, 0.3) is 0 Å². The van der Waals surface area contributed by atoms with Crippen LogP contribution in [0, 0.1) is 10.8 Å². The maximum absolute atomic E-state index is 13.1. The molecule has 140 valence electrons. The maximum Gasteiger partial charge on any atom is 0.319 e. The van der Waals surface area contributed by atoms with Gasteiger partial charge in [-0.2, -0.15) is 0 Å². The fraction of sp³-hybridized carbons (Fsp3) is 0.579. The van der Waals surface area contributed by atoms with Crippen LogP contribution >= 0.6 is 0 Å². The minimum atomic E-state index is -1.75. The molecular weight excluding hydrogens is 320 g/mol. The molecule has 25 heavy (non-hydrogen) atoms. The Morgan fingerprint density at radius 1 is 1.20 bits per heavy atom. The smallest absolute Gasteiger partial charge is 0.319 e. The van der Waals surface area contributed by atoms with Crippen LogP contribution in [0.4, 0.5) is 5.69 Å². The Labute approximate surface area is 149 Å². The Kier molecular flexibility index (Phi) is 6.37. The monoisotopic (exact) mass is 350 g/mol. The number of hydrogen-bond donors (Lipinski definition) is 4. The lowest BCUT2D eigenvalue weighted by molar-refractivity contribution is -0.168. The lowest BCUT2D eigenvalue weighted by Gasteiger charge is -2.51. The molecule has 0 saturated carbocycles. The molecule has 3 atom stereocenters. The first-order valence-corrected chi connectivity index (χ1v) is 8.49. The first-order chi connectivity index (χ1) is 11.4. The van der Waals surface area contributed by atoms with Crippen LogP contribution < -0.4 is 11.1 Å². The van der Waals surface area contributed by atoms with Gasteiger partial charge in [0.15, 0.2) is 5.41 Å². The van der Waals surface area contributed by atoms with Gasteiger partial charge in [0.05, 0.1) is 6.10 Å². The molecule has 1 aromatic carbocycles. The van der Waals surface area contributed by atoms with Gasteiger partial charge in [-0.1, -0.05) is 39.0 Å². The Balaban J connectivity index is 3.39. The predicted octanol–water partition coefficient (Wildman–Crippen LogP) is 2.62. The molecule has 1 aromatic rings. The number of carboxylic acids is 1. The number of benzene rings is 1. The molecule has 0 heterocycles. The summed E-state index contributed by atoms with van der Waals surface area (Å²) in [6, 6.07) is 8.73. The zero-order valence-electron chi connectivity index (χ0n) is 15.7. The van der Waals surface area contributed by atoms with E-state index in [1.807, 2.05) is 6.07 Å². The van der Waals surface area contributed by atoms with Crippen molar-refractivity contribution in [1.29, 1.82) is 0 Å². The van der Waals surface area contributed by atoms with Crippen molar-refractivity contribution in [2.45, 2.75) is 59.1 Å². The van der Waals surface area contributed by atoms with Crippen LogP contribution in [-0.2, 0) is 9.59 Å². The largest absolute Gasteiger partial charge is 0.480 e. The molecule has 6 heteroatoms. The van der Waals surface area contributed by atoms with Gasteiger partial charge >= 0.3 is 5.97 Å². The SMILES string of the molecule is CCC(C(=O)O)(C(=O)Nc1ccccc1)C(C)(C)C(C)(N)CC(C)O. The van der Waals surface area contributed by atoms with Crippen LogP contribution in [0.2, 0.25) is 0 Å². The number of nitrogens with one attached hydrogen (secondary N) is 1. The van der Waals surface area contributed by atoms with E-state index in [0.29, 0.717) is 5.69 Å². The topological polar surface area (TPSA) is 113 Å². The summed E-state index contributed by atoms with van der Waals surface area (Å²) in [5.41, 5.74) is 2.99. The van der Waals surface area contributed by atoms with Crippen molar-refractivity contribution in [1.82, 2.24) is 0 Å². The van der Waals surface area contributed by atoms with E-state index in [2.05, 4.69) is 5.32 Å². The van der Waals surface area contributed by atoms with E-state index in [1.54, 1.807) is 58.9 Å². The number of anilines is 1. The highest BCUT2D eigenvalue weighted by Gasteiger charge is 2.62. The molecule has 0 aliphatic rings. The summed E-state index contributed by atoms with van der Waals surface area (Å²) in [5.74, 6) is -1.84. The molecule has 3 unspecified atom stereocenters. The number of carbonyl (C=O) groups excluding carboxylic acids is 1. The summed E-state index contributed by atoms with van der Waals surface area (Å²) in [6.45, 7) is 8.30. The Hall–Kier alpha value is -1.92. The average molecular weight is 350 g/mol. The second kappa shape index (κ2) is 7.54. The third-order valence-electron chi connectivity index (χ3n) is 5.53. The Morgan fingerprint density at radius 2 is 1.72 bits per heavy atom. The van der Waals surface area contributed by atoms with Crippen molar-refractivity contribution in [3.63, 3.8) is 0 Å². The third kappa shape index (κ3) is 3.85. The quantitative estimate of drug-likeness (QED) is 0.538. The molecule has 1 rings (SSSR count). The van der Waals surface area contributed by atoms with E-state index in [9.17, 15) is 19.8 Å². The van der Waals surface area contributed by atoms with Crippen molar-refractivity contribution < 1.29 is 19.8 Å². The number of nitrogens with two attached hydrogens (primary N) is 1. The van der Waals surface area contributed by atoms with Gasteiger partial charge in [0.1, 0.15) is 0 Å². The number of carboxylic acid groups (broad SMARTS) is 1. The number of aliphatic carboxylic acids is 1. The van der Waals surface area contributed by atoms with E-state index >= 15 is 0 Å². The predicted molar refractivity (Wildman–Crippen MR) is 98.1 cm³/mol. The zero-order valence-corrected chi connectivity index (χ0v) is 15.7.